The van der Waals surface area contributed by atoms with Gasteiger partial charge in [-0.2, -0.15) is 0 Å². The number of rotatable bonds is 4. The Balaban J connectivity index is 1.97. The van der Waals surface area contributed by atoms with E-state index in [1.807, 2.05) is 6.20 Å². The zero-order valence-electron chi connectivity index (χ0n) is 13.0. The fourth-order valence-corrected chi connectivity index (χ4v) is 2.97. The maximum atomic E-state index is 4.53. The molecule has 2 rings (SSSR count). The van der Waals surface area contributed by atoms with E-state index in [9.17, 15) is 0 Å². The van der Waals surface area contributed by atoms with E-state index in [1.165, 1.54) is 21.0 Å². The van der Waals surface area contributed by atoms with E-state index in [0.717, 1.165) is 6.54 Å². The van der Waals surface area contributed by atoms with Crippen LogP contribution in [0.3, 0.4) is 0 Å². The molecule has 0 aliphatic heterocycles. The molecule has 0 saturated carbocycles. The first-order valence-electron chi connectivity index (χ1n) is 7.11. The first-order chi connectivity index (χ1) is 9.36. The van der Waals surface area contributed by atoms with Crippen LogP contribution in [0.25, 0.3) is 0 Å². The normalized spacial score (nSPS) is 13.4. The number of aryl methyl sites for hydroxylation is 1. The lowest BCUT2D eigenvalue weighted by atomic mass is 9.98. The summed E-state index contributed by atoms with van der Waals surface area (Å²) in [5, 5.41) is 4.78. The van der Waals surface area contributed by atoms with Crippen molar-refractivity contribution in [3.05, 3.63) is 51.5 Å². The number of aromatic nitrogens is 1. The molecule has 1 heterocycles. The van der Waals surface area contributed by atoms with Gasteiger partial charge in [0.1, 0.15) is 0 Å². The molecule has 1 aromatic carbocycles. The van der Waals surface area contributed by atoms with Gasteiger partial charge in [-0.25, -0.2) is 4.98 Å². The van der Waals surface area contributed by atoms with Crippen molar-refractivity contribution < 1.29 is 0 Å². The van der Waals surface area contributed by atoms with Crippen LogP contribution >= 0.6 is 11.3 Å². The Morgan fingerprint density at radius 2 is 2.05 bits per heavy atom. The molecule has 0 radical (unpaired) electrons. The molecule has 3 heteroatoms. The Labute approximate surface area is 126 Å². The van der Waals surface area contributed by atoms with Crippen LogP contribution in [0, 0.1) is 6.92 Å². The van der Waals surface area contributed by atoms with Crippen LogP contribution < -0.4 is 5.32 Å². The second-order valence-corrected chi connectivity index (χ2v) is 7.51. The number of thiazole rings is 1. The van der Waals surface area contributed by atoms with Gasteiger partial charge in [0.25, 0.3) is 0 Å². The molecule has 0 aliphatic rings. The van der Waals surface area contributed by atoms with Crippen LogP contribution in [-0.2, 0) is 12.0 Å². The third kappa shape index (κ3) is 3.90. The van der Waals surface area contributed by atoms with Crippen molar-refractivity contribution in [2.24, 2.45) is 0 Å². The average Bonchev–Trinajstić information content (AvgIpc) is 2.84. The van der Waals surface area contributed by atoms with Crippen molar-refractivity contribution in [2.45, 2.75) is 52.6 Å². The van der Waals surface area contributed by atoms with Crippen LogP contribution in [0.5, 0.6) is 0 Å². The largest absolute Gasteiger partial charge is 0.305 e. The Morgan fingerprint density at radius 1 is 1.30 bits per heavy atom. The summed E-state index contributed by atoms with van der Waals surface area (Å²) in [6.07, 6.45) is 2.00. The van der Waals surface area contributed by atoms with Crippen LogP contribution in [0.15, 0.2) is 30.5 Å². The standard InChI is InChI=1S/C17H24N2S/c1-12-7-6-8-14(9-12)13(2)18-10-15-11-19-16(20-15)17(3,4)5/h6-9,11,13,18H,10H2,1-5H3/t13-/m1/s1. The zero-order chi connectivity index (χ0) is 14.8. The fourth-order valence-electron chi connectivity index (χ4n) is 2.05. The third-order valence-corrected chi connectivity index (χ3v) is 4.74. The van der Waals surface area contributed by atoms with Gasteiger partial charge in [-0.15, -0.1) is 11.3 Å². The Bertz CT molecular complexity index is 566. The number of hydrogen-bond acceptors (Lipinski definition) is 3. The molecule has 0 fully saturated rings. The lowest BCUT2D eigenvalue weighted by Gasteiger charge is -2.15. The third-order valence-electron chi connectivity index (χ3n) is 3.32. The maximum Gasteiger partial charge on any atom is 0.0981 e. The summed E-state index contributed by atoms with van der Waals surface area (Å²) >= 11 is 1.81. The van der Waals surface area contributed by atoms with Gasteiger partial charge in [-0.3, -0.25) is 0 Å². The molecule has 0 spiro atoms. The fraction of sp³-hybridized carbons (Fsp3) is 0.471. The van der Waals surface area contributed by atoms with Crippen molar-refractivity contribution >= 4 is 11.3 Å². The Morgan fingerprint density at radius 3 is 2.65 bits per heavy atom. The van der Waals surface area contributed by atoms with E-state index in [-0.39, 0.29) is 5.41 Å². The molecular weight excluding hydrogens is 264 g/mol. The summed E-state index contributed by atoms with van der Waals surface area (Å²) in [6, 6.07) is 9.03. The molecule has 2 nitrogen and oxygen atoms in total. The lowest BCUT2D eigenvalue weighted by Crippen LogP contribution is -2.17. The first-order valence-corrected chi connectivity index (χ1v) is 7.93. The van der Waals surface area contributed by atoms with Crippen LogP contribution in [-0.4, -0.2) is 4.98 Å². The average molecular weight is 288 g/mol. The maximum absolute atomic E-state index is 4.53. The van der Waals surface area contributed by atoms with Gasteiger partial charge in [0, 0.05) is 29.1 Å². The van der Waals surface area contributed by atoms with Crippen molar-refractivity contribution in [3.63, 3.8) is 0 Å². The molecule has 0 saturated heterocycles. The molecule has 20 heavy (non-hydrogen) atoms. The summed E-state index contributed by atoms with van der Waals surface area (Å²) in [5.74, 6) is 0. The first kappa shape index (κ1) is 15.2. The molecule has 0 unspecified atom stereocenters. The van der Waals surface area contributed by atoms with Crippen LogP contribution in [0.4, 0.5) is 0 Å². The van der Waals surface area contributed by atoms with Crippen molar-refractivity contribution in [2.75, 3.05) is 0 Å². The number of nitrogens with one attached hydrogen (secondary N) is 1. The van der Waals surface area contributed by atoms with Crippen molar-refractivity contribution in [3.8, 4) is 0 Å². The van der Waals surface area contributed by atoms with Gasteiger partial charge in [0.15, 0.2) is 0 Å². The molecule has 108 valence electrons. The minimum Gasteiger partial charge on any atom is -0.305 e. The molecule has 2 aromatic rings. The summed E-state index contributed by atoms with van der Waals surface area (Å²) < 4.78 is 0. The minimum absolute atomic E-state index is 0.144. The van der Waals surface area contributed by atoms with E-state index in [0.29, 0.717) is 6.04 Å². The van der Waals surface area contributed by atoms with Gasteiger partial charge < -0.3 is 5.32 Å². The summed E-state index contributed by atoms with van der Waals surface area (Å²) in [7, 11) is 0. The smallest absolute Gasteiger partial charge is 0.0981 e. The highest BCUT2D eigenvalue weighted by Gasteiger charge is 2.18. The molecule has 0 aliphatic carbocycles. The quantitative estimate of drug-likeness (QED) is 0.889. The molecule has 0 bridgehead atoms. The van der Waals surface area contributed by atoms with E-state index in [2.05, 4.69) is 69.2 Å². The van der Waals surface area contributed by atoms with E-state index >= 15 is 0 Å². The van der Waals surface area contributed by atoms with Gasteiger partial charge in [-0.1, -0.05) is 50.6 Å². The topological polar surface area (TPSA) is 24.9 Å². The predicted molar refractivity (Wildman–Crippen MR) is 87.2 cm³/mol. The highest BCUT2D eigenvalue weighted by atomic mass is 32.1. The van der Waals surface area contributed by atoms with E-state index < -0.39 is 0 Å². The molecule has 0 amide bonds. The SMILES string of the molecule is Cc1cccc([C@@H](C)NCc2cnc(C(C)(C)C)s2)c1. The molecule has 1 atom stereocenters. The molecular formula is C17H24N2S. The molecule has 1 aromatic heterocycles. The highest BCUT2D eigenvalue weighted by molar-refractivity contribution is 7.11. The Kier molecular flexibility index (Phi) is 4.61. The second kappa shape index (κ2) is 6.06. The van der Waals surface area contributed by atoms with Crippen LogP contribution in [0.2, 0.25) is 0 Å². The molecule has 1 N–H and O–H groups in total. The summed E-state index contributed by atoms with van der Waals surface area (Å²) in [5.41, 5.74) is 2.79. The number of hydrogen-bond donors (Lipinski definition) is 1. The lowest BCUT2D eigenvalue weighted by molar-refractivity contribution is 0.578. The van der Waals surface area contributed by atoms with E-state index in [1.54, 1.807) is 11.3 Å². The number of benzene rings is 1. The van der Waals surface area contributed by atoms with E-state index in [4.69, 9.17) is 0 Å². The van der Waals surface area contributed by atoms with Crippen molar-refractivity contribution in [1.29, 1.82) is 0 Å². The van der Waals surface area contributed by atoms with Crippen molar-refractivity contribution in [1.82, 2.24) is 10.3 Å². The number of nitrogens with zero attached hydrogens (tertiary/aromatic N) is 1. The second-order valence-electron chi connectivity index (χ2n) is 6.40. The predicted octanol–water partition coefficient (Wildman–Crippen LogP) is 4.60. The Hall–Kier alpha value is -1.19. The summed E-state index contributed by atoms with van der Waals surface area (Å²) in [6.45, 7) is 11.8. The minimum atomic E-state index is 0.144. The van der Waals surface area contributed by atoms with Gasteiger partial charge in [0.05, 0.1) is 5.01 Å². The summed E-state index contributed by atoms with van der Waals surface area (Å²) in [4.78, 5) is 5.83. The van der Waals surface area contributed by atoms with Crippen LogP contribution in [0.1, 0.15) is 54.7 Å². The van der Waals surface area contributed by atoms with Gasteiger partial charge in [-0.05, 0) is 19.4 Å². The van der Waals surface area contributed by atoms with Gasteiger partial charge >= 0.3 is 0 Å². The highest BCUT2D eigenvalue weighted by Crippen LogP contribution is 2.27. The monoisotopic (exact) mass is 288 g/mol. The van der Waals surface area contributed by atoms with Gasteiger partial charge in [0.2, 0.25) is 0 Å². The zero-order valence-corrected chi connectivity index (χ0v) is 13.8.